The maximum atomic E-state index is 12.5. The van der Waals surface area contributed by atoms with Crippen molar-refractivity contribution in [2.24, 2.45) is 0 Å². The molecule has 0 saturated heterocycles. The van der Waals surface area contributed by atoms with Crippen molar-refractivity contribution in [3.05, 3.63) is 63.7 Å². The Morgan fingerprint density at radius 3 is 2.48 bits per heavy atom. The van der Waals surface area contributed by atoms with E-state index in [0.717, 1.165) is 5.56 Å². The molecule has 0 aromatic heterocycles. The zero-order valence-electron chi connectivity index (χ0n) is 12.5. The second-order valence-electron chi connectivity index (χ2n) is 4.77. The molecule has 0 saturated carbocycles. The number of rotatable bonds is 7. The van der Waals surface area contributed by atoms with Gasteiger partial charge in [-0.25, -0.2) is 8.78 Å². The van der Waals surface area contributed by atoms with Gasteiger partial charge in [0.2, 0.25) is 0 Å². The minimum Gasteiger partial charge on any atom is -0.487 e. The summed E-state index contributed by atoms with van der Waals surface area (Å²) in [6.07, 6.45) is -2.49. The van der Waals surface area contributed by atoms with E-state index in [1.54, 1.807) is 31.2 Å². The van der Waals surface area contributed by atoms with E-state index in [0.29, 0.717) is 18.8 Å². The first-order chi connectivity index (χ1) is 11.0. The van der Waals surface area contributed by atoms with Gasteiger partial charge in [-0.2, -0.15) is 0 Å². The molecule has 1 N–H and O–H groups in total. The molecule has 0 radical (unpaired) electrons. The van der Waals surface area contributed by atoms with Crippen LogP contribution in [0.5, 0.6) is 5.75 Å². The number of halogens is 2. The summed E-state index contributed by atoms with van der Waals surface area (Å²) < 4.78 is 30.2. The van der Waals surface area contributed by atoms with Gasteiger partial charge in [0.1, 0.15) is 0 Å². The second kappa shape index (κ2) is 7.53. The lowest BCUT2D eigenvalue weighted by atomic mass is 10.1. The van der Waals surface area contributed by atoms with Gasteiger partial charge in [-0.1, -0.05) is 24.3 Å². The van der Waals surface area contributed by atoms with Gasteiger partial charge >= 0.3 is 5.69 Å². The molecule has 122 valence electrons. The number of nitro groups is 1. The van der Waals surface area contributed by atoms with Crippen LogP contribution in [0.4, 0.5) is 20.2 Å². The van der Waals surface area contributed by atoms with Crippen LogP contribution in [0.1, 0.15) is 24.5 Å². The maximum Gasteiger partial charge on any atom is 0.311 e. The predicted molar refractivity (Wildman–Crippen MR) is 83.0 cm³/mol. The van der Waals surface area contributed by atoms with E-state index in [2.05, 4.69) is 5.32 Å². The first-order valence-electron chi connectivity index (χ1n) is 7.03. The van der Waals surface area contributed by atoms with Crippen molar-refractivity contribution in [1.82, 2.24) is 0 Å². The lowest BCUT2D eigenvalue weighted by Crippen LogP contribution is -2.02. The molecule has 5 nitrogen and oxygen atoms in total. The summed E-state index contributed by atoms with van der Waals surface area (Å²) in [6, 6.07) is 10.5. The summed E-state index contributed by atoms with van der Waals surface area (Å²) in [7, 11) is 0. The van der Waals surface area contributed by atoms with Gasteiger partial charge in [0.05, 0.1) is 11.5 Å². The fourth-order valence-corrected chi connectivity index (χ4v) is 2.03. The third-order valence-electron chi connectivity index (χ3n) is 3.18. The normalized spacial score (nSPS) is 10.6. The highest BCUT2D eigenvalue weighted by molar-refractivity contribution is 5.58. The van der Waals surface area contributed by atoms with Crippen molar-refractivity contribution in [2.45, 2.75) is 19.9 Å². The molecule has 0 unspecified atom stereocenters. The van der Waals surface area contributed by atoms with Gasteiger partial charge in [0.25, 0.3) is 6.43 Å². The lowest BCUT2D eigenvalue weighted by molar-refractivity contribution is -0.385. The van der Waals surface area contributed by atoms with E-state index in [1.807, 2.05) is 0 Å². The number of nitrogens with one attached hydrogen (secondary N) is 1. The first kappa shape index (κ1) is 16.7. The highest BCUT2D eigenvalue weighted by atomic mass is 19.3. The number of anilines is 1. The van der Waals surface area contributed by atoms with E-state index >= 15 is 0 Å². The van der Waals surface area contributed by atoms with Gasteiger partial charge < -0.3 is 10.1 Å². The van der Waals surface area contributed by atoms with E-state index in [4.69, 9.17) is 4.74 Å². The molecule has 7 heteroatoms. The van der Waals surface area contributed by atoms with Crippen molar-refractivity contribution in [3.63, 3.8) is 0 Å². The molecule has 0 aliphatic heterocycles. The summed E-state index contributed by atoms with van der Waals surface area (Å²) in [5.74, 6) is 0.190. The maximum absolute atomic E-state index is 12.5. The summed E-state index contributed by atoms with van der Waals surface area (Å²) in [5.41, 5.74) is 1.35. The number of hydrogen-bond acceptors (Lipinski definition) is 4. The van der Waals surface area contributed by atoms with Gasteiger partial charge in [0, 0.05) is 29.9 Å². The quantitative estimate of drug-likeness (QED) is 0.600. The Balaban J connectivity index is 2.08. The molecule has 2 aromatic carbocycles. The Kier molecular flexibility index (Phi) is 5.46. The second-order valence-corrected chi connectivity index (χ2v) is 4.77. The molecule has 2 rings (SSSR count). The first-order valence-corrected chi connectivity index (χ1v) is 7.03. The van der Waals surface area contributed by atoms with Crippen LogP contribution in [0.2, 0.25) is 0 Å². The number of nitro benzene ring substituents is 1. The van der Waals surface area contributed by atoms with Crippen LogP contribution in [0, 0.1) is 10.1 Å². The minimum atomic E-state index is -2.49. The van der Waals surface area contributed by atoms with Crippen molar-refractivity contribution in [3.8, 4) is 5.75 Å². The predicted octanol–water partition coefficient (Wildman–Crippen LogP) is 4.54. The molecule has 0 spiro atoms. The number of nitrogens with zero attached hydrogens (tertiary/aromatic N) is 1. The molecule has 0 bridgehead atoms. The summed E-state index contributed by atoms with van der Waals surface area (Å²) in [5, 5.41) is 14.0. The third-order valence-corrected chi connectivity index (χ3v) is 3.18. The van der Waals surface area contributed by atoms with Crippen LogP contribution in [-0.4, -0.2) is 11.5 Å². The zero-order valence-corrected chi connectivity index (χ0v) is 12.5. The Labute approximate surface area is 132 Å². The Morgan fingerprint density at radius 1 is 1.22 bits per heavy atom. The number of benzene rings is 2. The average molecular weight is 322 g/mol. The van der Waals surface area contributed by atoms with Gasteiger partial charge in [-0.15, -0.1) is 0 Å². The van der Waals surface area contributed by atoms with Crippen molar-refractivity contribution in [1.29, 1.82) is 0 Å². The number of alkyl halides is 2. The Morgan fingerprint density at radius 2 is 1.91 bits per heavy atom. The molecule has 0 fully saturated rings. The largest absolute Gasteiger partial charge is 0.487 e. The molecule has 0 aliphatic rings. The molecular formula is C16H16F2N2O3. The SMILES string of the molecule is CCOc1cc(NCc2ccc(C(F)F)cc2)ccc1[N+](=O)[O-]. The van der Waals surface area contributed by atoms with E-state index in [9.17, 15) is 18.9 Å². The fourth-order valence-electron chi connectivity index (χ4n) is 2.03. The Hall–Kier alpha value is -2.70. The smallest absolute Gasteiger partial charge is 0.311 e. The highest BCUT2D eigenvalue weighted by Crippen LogP contribution is 2.30. The van der Waals surface area contributed by atoms with Crippen LogP contribution >= 0.6 is 0 Å². The van der Waals surface area contributed by atoms with E-state index in [-0.39, 0.29) is 17.0 Å². The van der Waals surface area contributed by atoms with Crippen LogP contribution in [-0.2, 0) is 6.54 Å². The lowest BCUT2D eigenvalue weighted by Gasteiger charge is -2.10. The van der Waals surface area contributed by atoms with E-state index in [1.165, 1.54) is 18.2 Å². The molecule has 0 heterocycles. The zero-order chi connectivity index (χ0) is 16.8. The standard InChI is InChI=1S/C16H16F2N2O3/c1-2-23-15-9-13(7-8-14(15)20(21)22)19-10-11-3-5-12(6-4-11)16(17)18/h3-9,16,19H,2,10H2,1H3. The van der Waals surface area contributed by atoms with Crippen LogP contribution in [0.3, 0.4) is 0 Å². The molecule has 23 heavy (non-hydrogen) atoms. The van der Waals surface area contributed by atoms with Crippen molar-refractivity contribution < 1.29 is 18.4 Å². The topological polar surface area (TPSA) is 64.4 Å². The fraction of sp³-hybridized carbons (Fsp3) is 0.250. The van der Waals surface area contributed by atoms with Crippen molar-refractivity contribution in [2.75, 3.05) is 11.9 Å². The summed E-state index contributed by atoms with van der Waals surface area (Å²) >= 11 is 0. The van der Waals surface area contributed by atoms with Crippen LogP contribution in [0.25, 0.3) is 0 Å². The monoisotopic (exact) mass is 322 g/mol. The highest BCUT2D eigenvalue weighted by Gasteiger charge is 2.15. The van der Waals surface area contributed by atoms with Crippen LogP contribution < -0.4 is 10.1 Å². The molecular weight excluding hydrogens is 306 g/mol. The summed E-state index contributed by atoms with van der Waals surface area (Å²) in [4.78, 5) is 10.4. The average Bonchev–Trinajstić information content (AvgIpc) is 2.53. The van der Waals surface area contributed by atoms with Crippen molar-refractivity contribution >= 4 is 11.4 Å². The van der Waals surface area contributed by atoms with E-state index < -0.39 is 11.3 Å². The third kappa shape index (κ3) is 4.38. The molecule has 0 amide bonds. The van der Waals surface area contributed by atoms with Gasteiger partial charge in [-0.3, -0.25) is 10.1 Å². The molecule has 0 aliphatic carbocycles. The minimum absolute atomic E-state index is 0.0253. The number of hydrogen-bond donors (Lipinski definition) is 1. The van der Waals surface area contributed by atoms with Gasteiger partial charge in [0.15, 0.2) is 5.75 Å². The number of ether oxygens (including phenoxy) is 1. The Bertz CT molecular complexity index is 676. The summed E-state index contributed by atoms with van der Waals surface area (Å²) in [6.45, 7) is 2.47. The van der Waals surface area contributed by atoms with Crippen LogP contribution in [0.15, 0.2) is 42.5 Å². The van der Waals surface area contributed by atoms with Gasteiger partial charge in [-0.05, 0) is 18.6 Å². The molecule has 2 aromatic rings. The molecule has 0 atom stereocenters.